The van der Waals surface area contributed by atoms with Crippen LogP contribution in [0, 0.1) is 6.92 Å². The number of hydrogen-bond acceptors (Lipinski definition) is 4. The molecule has 0 radical (unpaired) electrons. The first-order valence-corrected chi connectivity index (χ1v) is 10.8. The molecule has 0 saturated heterocycles. The summed E-state index contributed by atoms with van der Waals surface area (Å²) in [6, 6.07) is 17.3. The second kappa shape index (κ2) is 9.50. The normalized spacial score (nSPS) is 17.2. The molecular weight excluding hydrogens is 410 g/mol. The van der Waals surface area contributed by atoms with E-state index in [0.717, 1.165) is 22.4 Å². The Labute approximate surface area is 188 Å². The summed E-state index contributed by atoms with van der Waals surface area (Å²) in [5.41, 5.74) is 4.24. The largest absolute Gasteiger partial charge is 0.489 e. The van der Waals surface area contributed by atoms with Gasteiger partial charge in [0, 0.05) is 36.1 Å². The Bertz CT molecular complexity index is 1040. The number of ether oxygens (including phenoxy) is 1. The molecule has 160 valence electrons. The maximum Gasteiger partial charge on any atom is 0.234 e. The molecule has 0 spiro atoms. The van der Waals surface area contributed by atoms with Gasteiger partial charge in [0.2, 0.25) is 5.91 Å². The lowest BCUT2D eigenvalue weighted by Gasteiger charge is -2.24. The van der Waals surface area contributed by atoms with Crippen LogP contribution in [0.25, 0.3) is 0 Å². The van der Waals surface area contributed by atoms with E-state index in [1.54, 1.807) is 12.4 Å². The quantitative estimate of drug-likeness (QED) is 0.639. The number of benzene rings is 2. The Morgan fingerprint density at radius 3 is 2.61 bits per heavy atom. The van der Waals surface area contributed by atoms with E-state index in [4.69, 9.17) is 16.3 Å². The van der Waals surface area contributed by atoms with Crippen LogP contribution in [0.1, 0.15) is 35.2 Å². The highest BCUT2D eigenvalue weighted by molar-refractivity contribution is 6.30. The first-order chi connectivity index (χ1) is 15.0. The molecule has 2 heterocycles. The van der Waals surface area contributed by atoms with E-state index in [9.17, 15) is 4.79 Å². The van der Waals surface area contributed by atoms with Gasteiger partial charge in [-0.05, 0) is 55.3 Å². The van der Waals surface area contributed by atoms with Crippen molar-refractivity contribution in [3.8, 4) is 5.75 Å². The van der Waals surface area contributed by atoms with Gasteiger partial charge in [-0.3, -0.25) is 14.7 Å². The first-order valence-electron chi connectivity index (χ1n) is 10.4. The summed E-state index contributed by atoms with van der Waals surface area (Å²) in [5, 5.41) is 3.86. The van der Waals surface area contributed by atoms with Crippen LogP contribution in [0.3, 0.4) is 0 Å². The molecule has 31 heavy (non-hydrogen) atoms. The van der Waals surface area contributed by atoms with Gasteiger partial charge in [0.15, 0.2) is 0 Å². The molecule has 1 amide bonds. The number of carbonyl (C=O) groups is 1. The zero-order valence-electron chi connectivity index (χ0n) is 17.7. The van der Waals surface area contributed by atoms with Crippen molar-refractivity contribution >= 4 is 17.5 Å². The van der Waals surface area contributed by atoms with Crippen molar-refractivity contribution in [2.75, 3.05) is 13.1 Å². The van der Waals surface area contributed by atoms with E-state index in [-0.39, 0.29) is 24.6 Å². The lowest BCUT2D eigenvalue weighted by molar-refractivity contribution is -0.123. The van der Waals surface area contributed by atoms with Crippen molar-refractivity contribution in [2.45, 2.75) is 32.5 Å². The first kappa shape index (κ1) is 21.3. The van der Waals surface area contributed by atoms with Crippen molar-refractivity contribution in [3.63, 3.8) is 0 Å². The number of halogens is 1. The number of pyridine rings is 1. The number of hydrogen-bond donors (Lipinski definition) is 1. The predicted octanol–water partition coefficient (Wildman–Crippen LogP) is 4.53. The molecule has 2 aromatic carbocycles. The lowest BCUT2D eigenvalue weighted by Crippen LogP contribution is -2.41. The highest BCUT2D eigenvalue weighted by Gasteiger charge is 2.24. The molecule has 1 aliphatic rings. The van der Waals surface area contributed by atoms with Gasteiger partial charge in [-0.1, -0.05) is 41.4 Å². The Balaban J connectivity index is 1.51. The Morgan fingerprint density at radius 1 is 1.16 bits per heavy atom. The molecular formula is C25H26ClN3O2. The zero-order valence-corrected chi connectivity index (χ0v) is 18.5. The summed E-state index contributed by atoms with van der Waals surface area (Å²) in [5.74, 6) is 0.858. The Kier molecular flexibility index (Phi) is 6.54. The summed E-state index contributed by atoms with van der Waals surface area (Å²) in [4.78, 5) is 19.3. The maximum absolute atomic E-state index is 13.1. The van der Waals surface area contributed by atoms with Crippen LogP contribution in [-0.4, -0.2) is 35.0 Å². The average molecular weight is 436 g/mol. The second-order valence-electron chi connectivity index (χ2n) is 8.04. The number of fused-ring (bicyclic) bond motifs is 1. The van der Waals surface area contributed by atoms with Crippen molar-refractivity contribution in [2.24, 2.45) is 0 Å². The minimum Gasteiger partial charge on any atom is -0.489 e. The van der Waals surface area contributed by atoms with Gasteiger partial charge in [0.25, 0.3) is 0 Å². The van der Waals surface area contributed by atoms with Crippen LogP contribution in [0.15, 0.2) is 67.0 Å². The molecule has 1 aromatic heterocycles. The van der Waals surface area contributed by atoms with Gasteiger partial charge in [-0.2, -0.15) is 0 Å². The summed E-state index contributed by atoms with van der Waals surface area (Å²) in [6.07, 6.45) is 3.47. The van der Waals surface area contributed by atoms with Crippen molar-refractivity contribution in [1.82, 2.24) is 15.2 Å². The fourth-order valence-corrected chi connectivity index (χ4v) is 4.10. The highest BCUT2D eigenvalue weighted by atomic mass is 35.5. The molecule has 2 unspecified atom stereocenters. The monoisotopic (exact) mass is 435 g/mol. The van der Waals surface area contributed by atoms with Crippen molar-refractivity contribution < 1.29 is 9.53 Å². The Hall–Kier alpha value is -2.89. The van der Waals surface area contributed by atoms with Crippen LogP contribution in [0.2, 0.25) is 5.02 Å². The molecule has 0 bridgehead atoms. The van der Waals surface area contributed by atoms with Crippen LogP contribution in [0.5, 0.6) is 5.75 Å². The van der Waals surface area contributed by atoms with Gasteiger partial charge < -0.3 is 10.1 Å². The summed E-state index contributed by atoms with van der Waals surface area (Å²) in [7, 11) is 0. The second-order valence-corrected chi connectivity index (χ2v) is 8.48. The third-order valence-corrected chi connectivity index (χ3v) is 5.62. The molecule has 5 nitrogen and oxygen atoms in total. The van der Waals surface area contributed by atoms with Crippen molar-refractivity contribution in [1.29, 1.82) is 0 Å². The van der Waals surface area contributed by atoms with Gasteiger partial charge in [-0.15, -0.1) is 0 Å². The fourth-order valence-electron chi connectivity index (χ4n) is 3.97. The number of carbonyl (C=O) groups excluding carboxylic acids is 1. The van der Waals surface area contributed by atoms with Crippen LogP contribution >= 0.6 is 11.6 Å². The summed E-state index contributed by atoms with van der Waals surface area (Å²) < 4.78 is 6.06. The van der Waals surface area contributed by atoms with E-state index in [1.165, 1.54) is 5.56 Å². The molecule has 0 fully saturated rings. The molecule has 1 aliphatic heterocycles. The average Bonchev–Trinajstić information content (AvgIpc) is 2.90. The maximum atomic E-state index is 13.1. The smallest absolute Gasteiger partial charge is 0.234 e. The lowest BCUT2D eigenvalue weighted by atomic mass is 9.99. The highest BCUT2D eigenvalue weighted by Crippen LogP contribution is 2.27. The molecule has 0 aliphatic carbocycles. The minimum atomic E-state index is -0.275. The zero-order chi connectivity index (χ0) is 21.8. The molecule has 4 rings (SSSR count). The van der Waals surface area contributed by atoms with Crippen molar-refractivity contribution in [3.05, 3.63) is 94.3 Å². The van der Waals surface area contributed by atoms with Crippen LogP contribution in [0.4, 0.5) is 0 Å². The summed E-state index contributed by atoms with van der Waals surface area (Å²) in [6.45, 7) is 5.75. The van der Waals surface area contributed by atoms with Gasteiger partial charge >= 0.3 is 0 Å². The fraction of sp³-hybridized carbons (Fsp3) is 0.280. The SMILES string of the molecule is Cc1ccc2c(c1)CN(CC(=O)NC(c1ccncc1)c1ccc(Cl)cc1)CC(C)O2. The standard InChI is InChI=1S/C25H26ClN3O2/c1-17-3-8-23-21(13-17)15-29(14-18(2)31-23)16-24(30)28-25(20-9-11-27-12-10-20)19-4-6-22(26)7-5-19/h3-13,18,25H,14-16H2,1-2H3,(H,28,30). The predicted molar refractivity (Wildman–Crippen MR) is 122 cm³/mol. The topological polar surface area (TPSA) is 54.5 Å². The number of rotatable bonds is 5. The van der Waals surface area contributed by atoms with E-state index in [0.29, 0.717) is 18.1 Å². The van der Waals surface area contributed by atoms with Gasteiger partial charge in [0.05, 0.1) is 12.6 Å². The molecule has 6 heteroatoms. The number of nitrogens with one attached hydrogen (secondary N) is 1. The molecule has 3 aromatic rings. The summed E-state index contributed by atoms with van der Waals surface area (Å²) >= 11 is 6.06. The van der Waals surface area contributed by atoms with Gasteiger partial charge in [-0.25, -0.2) is 0 Å². The minimum absolute atomic E-state index is 0.00372. The number of aromatic nitrogens is 1. The number of nitrogens with zero attached hydrogens (tertiary/aromatic N) is 2. The van der Waals surface area contributed by atoms with E-state index in [2.05, 4.69) is 34.3 Å². The van der Waals surface area contributed by atoms with E-state index >= 15 is 0 Å². The number of aryl methyl sites for hydroxylation is 1. The van der Waals surface area contributed by atoms with E-state index < -0.39 is 0 Å². The third kappa shape index (κ3) is 5.43. The van der Waals surface area contributed by atoms with Crippen LogP contribution < -0.4 is 10.1 Å². The molecule has 1 N–H and O–H groups in total. The third-order valence-electron chi connectivity index (χ3n) is 5.37. The molecule has 2 atom stereocenters. The number of amides is 1. The molecule has 0 saturated carbocycles. The van der Waals surface area contributed by atoms with Crippen LogP contribution in [-0.2, 0) is 11.3 Å². The van der Waals surface area contributed by atoms with Gasteiger partial charge in [0.1, 0.15) is 11.9 Å². The Morgan fingerprint density at radius 2 is 1.87 bits per heavy atom. The van der Waals surface area contributed by atoms with E-state index in [1.807, 2.05) is 49.4 Å².